The van der Waals surface area contributed by atoms with E-state index < -0.39 is 17.7 Å². The second kappa shape index (κ2) is 8.99. The van der Waals surface area contributed by atoms with Crippen molar-refractivity contribution < 1.29 is 23.1 Å². The molecule has 3 aromatic rings. The van der Waals surface area contributed by atoms with Crippen LogP contribution < -0.4 is 4.90 Å². The van der Waals surface area contributed by atoms with Gasteiger partial charge in [0.2, 0.25) is 0 Å². The van der Waals surface area contributed by atoms with Crippen LogP contribution in [0.3, 0.4) is 0 Å². The van der Waals surface area contributed by atoms with E-state index in [1.807, 2.05) is 18.4 Å². The van der Waals surface area contributed by atoms with E-state index >= 15 is 0 Å². The van der Waals surface area contributed by atoms with Gasteiger partial charge in [0.25, 0.3) is 0 Å². The molecule has 0 saturated carbocycles. The molecule has 1 aromatic carbocycles. The average molecular weight is 602 g/mol. The Morgan fingerprint density at radius 1 is 1.09 bits per heavy atom. The number of carboxylic acid groups (broad SMARTS) is 1. The van der Waals surface area contributed by atoms with Crippen LogP contribution in [0, 0.1) is 20.8 Å². The predicted octanol–water partition coefficient (Wildman–Crippen LogP) is 6.50. The van der Waals surface area contributed by atoms with Crippen molar-refractivity contribution in [2.45, 2.75) is 39.8 Å². The molecule has 0 aliphatic carbocycles. The zero-order valence-corrected chi connectivity index (χ0v) is 21.8. The molecule has 3 heterocycles. The number of hydrogen-bond acceptors (Lipinski definition) is 4. The van der Waals surface area contributed by atoms with Crippen LogP contribution in [0.5, 0.6) is 0 Å². The first kappa shape index (κ1) is 24.7. The highest BCUT2D eigenvalue weighted by molar-refractivity contribution is 9.11. The number of carboxylic acids is 1. The zero-order chi connectivity index (χ0) is 24.9. The maximum Gasteiger partial charge on any atom is 0.416 e. The topological polar surface area (TPSA) is 71.2 Å². The molecule has 1 N–H and O–H groups in total. The summed E-state index contributed by atoms with van der Waals surface area (Å²) in [7, 11) is 0. The minimum Gasteiger partial charge on any atom is -0.478 e. The van der Waals surface area contributed by atoms with E-state index in [0.717, 1.165) is 40.2 Å². The number of hydrogen-bond donors (Lipinski definition) is 1. The van der Waals surface area contributed by atoms with Crippen LogP contribution in [0.1, 0.15) is 35.5 Å². The first-order valence-electron chi connectivity index (χ1n) is 10.5. The molecule has 1 saturated heterocycles. The SMILES string of the molecule is Cc1nc(N2CCC(=CC(=O)O)CC2)c2c(C)c(C)n(-c3c(Br)cc(C(F)(F)F)cc3Br)c2n1. The van der Waals surface area contributed by atoms with Gasteiger partial charge in [-0.25, -0.2) is 14.8 Å². The van der Waals surface area contributed by atoms with Crippen LogP contribution in [-0.2, 0) is 11.0 Å². The number of aliphatic carboxylic acids is 1. The molecule has 180 valence electrons. The van der Waals surface area contributed by atoms with Crippen LogP contribution in [0.4, 0.5) is 19.0 Å². The third-order valence-corrected chi connectivity index (χ3v) is 7.26. The molecule has 0 amide bonds. The van der Waals surface area contributed by atoms with Gasteiger partial charge >= 0.3 is 12.1 Å². The Morgan fingerprint density at radius 2 is 1.68 bits per heavy atom. The molecule has 34 heavy (non-hydrogen) atoms. The predicted molar refractivity (Wildman–Crippen MR) is 131 cm³/mol. The van der Waals surface area contributed by atoms with E-state index in [0.29, 0.717) is 43.1 Å². The van der Waals surface area contributed by atoms with Gasteiger partial charge in [-0.2, -0.15) is 13.2 Å². The Bertz CT molecular complexity index is 1320. The number of benzene rings is 1. The number of halogens is 5. The van der Waals surface area contributed by atoms with Crippen LogP contribution >= 0.6 is 31.9 Å². The standard InChI is InChI=1S/C23H21Br2F3N4O2/c1-11-12(2)32(20-16(24)9-15(10-17(20)25)23(26,27)28)22-19(11)21(29-13(3)30-22)31-6-4-14(5-7-31)8-18(33)34/h8-10H,4-7H2,1-3H3,(H,33,34). The van der Waals surface area contributed by atoms with Gasteiger partial charge in [-0.15, -0.1) is 0 Å². The summed E-state index contributed by atoms with van der Waals surface area (Å²) in [5.74, 6) is 0.336. The number of aryl methyl sites for hydroxylation is 2. The van der Waals surface area contributed by atoms with E-state index in [-0.39, 0.29) is 8.95 Å². The van der Waals surface area contributed by atoms with Crippen molar-refractivity contribution in [3.63, 3.8) is 0 Å². The maximum absolute atomic E-state index is 13.3. The smallest absolute Gasteiger partial charge is 0.416 e. The van der Waals surface area contributed by atoms with Crippen LogP contribution in [0.2, 0.25) is 0 Å². The summed E-state index contributed by atoms with van der Waals surface area (Å²) in [5.41, 5.74) is 3.01. The van der Waals surface area contributed by atoms with Gasteiger partial charge in [-0.3, -0.25) is 4.57 Å². The van der Waals surface area contributed by atoms with Crippen molar-refractivity contribution in [1.29, 1.82) is 0 Å². The second-order valence-electron chi connectivity index (χ2n) is 8.25. The molecule has 0 spiro atoms. The summed E-state index contributed by atoms with van der Waals surface area (Å²) in [6.45, 7) is 6.85. The van der Waals surface area contributed by atoms with Crippen molar-refractivity contribution in [3.8, 4) is 5.69 Å². The van der Waals surface area contributed by atoms with Crippen molar-refractivity contribution in [2.24, 2.45) is 0 Å². The number of aromatic nitrogens is 3. The molecule has 0 radical (unpaired) electrons. The number of anilines is 1. The molecule has 11 heteroatoms. The third-order valence-electron chi connectivity index (χ3n) is 6.05. The van der Waals surface area contributed by atoms with Crippen molar-refractivity contribution in [3.05, 3.63) is 55.4 Å². The Balaban J connectivity index is 1.88. The van der Waals surface area contributed by atoms with Gasteiger partial charge in [-0.1, -0.05) is 5.57 Å². The van der Waals surface area contributed by atoms with Gasteiger partial charge in [-0.05, 0) is 83.2 Å². The summed E-state index contributed by atoms with van der Waals surface area (Å²) < 4.78 is 42.4. The van der Waals surface area contributed by atoms with Gasteiger partial charge in [0, 0.05) is 33.8 Å². The lowest BCUT2D eigenvalue weighted by atomic mass is 10.0. The molecule has 0 unspecified atom stereocenters. The van der Waals surface area contributed by atoms with E-state index in [2.05, 4.69) is 41.7 Å². The highest BCUT2D eigenvalue weighted by atomic mass is 79.9. The molecule has 1 fully saturated rings. The number of fused-ring (bicyclic) bond motifs is 1. The minimum atomic E-state index is -4.47. The Kier molecular flexibility index (Phi) is 6.54. The highest BCUT2D eigenvalue weighted by Gasteiger charge is 2.33. The summed E-state index contributed by atoms with van der Waals surface area (Å²) >= 11 is 6.67. The van der Waals surface area contributed by atoms with E-state index in [1.54, 1.807) is 6.92 Å². The van der Waals surface area contributed by atoms with Crippen LogP contribution in [0.15, 0.2) is 32.7 Å². The monoisotopic (exact) mass is 600 g/mol. The van der Waals surface area contributed by atoms with E-state index in [4.69, 9.17) is 10.1 Å². The van der Waals surface area contributed by atoms with Gasteiger partial charge < -0.3 is 10.0 Å². The first-order chi connectivity index (χ1) is 15.9. The van der Waals surface area contributed by atoms with Crippen LogP contribution in [-0.4, -0.2) is 38.7 Å². The zero-order valence-electron chi connectivity index (χ0n) is 18.6. The molecular formula is C23H21Br2F3N4O2. The first-order valence-corrected chi connectivity index (χ1v) is 12.1. The largest absolute Gasteiger partial charge is 0.478 e. The lowest BCUT2D eigenvalue weighted by Crippen LogP contribution is -2.32. The fourth-order valence-corrected chi connectivity index (χ4v) is 5.86. The summed E-state index contributed by atoms with van der Waals surface area (Å²) in [6, 6.07) is 2.13. The Hall–Kier alpha value is -2.40. The van der Waals surface area contributed by atoms with Crippen molar-refractivity contribution in [1.82, 2.24) is 14.5 Å². The fourth-order valence-electron chi connectivity index (χ4n) is 4.32. The lowest BCUT2D eigenvalue weighted by Gasteiger charge is -2.30. The lowest BCUT2D eigenvalue weighted by molar-refractivity contribution is -0.137. The third kappa shape index (κ3) is 4.47. The quantitative estimate of drug-likeness (QED) is 0.347. The number of piperidine rings is 1. The number of nitrogens with zero attached hydrogens (tertiary/aromatic N) is 4. The number of carbonyl (C=O) groups is 1. The summed E-state index contributed by atoms with van der Waals surface area (Å²) in [4.78, 5) is 22.5. The maximum atomic E-state index is 13.3. The Labute approximate surface area is 210 Å². The molecule has 0 bridgehead atoms. The molecule has 0 atom stereocenters. The molecule has 6 nitrogen and oxygen atoms in total. The summed E-state index contributed by atoms with van der Waals surface area (Å²) in [5, 5.41) is 9.85. The molecule has 1 aliphatic rings. The average Bonchev–Trinajstić information content (AvgIpc) is 2.97. The normalized spacial score (nSPS) is 14.7. The molecule has 4 rings (SSSR count). The van der Waals surface area contributed by atoms with Gasteiger partial charge in [0.05, 0.1) is 16.6 Å². The minimum absolute atomic E-state index is 0.286. The second-order valence-corrected chi connectivity index (χ2v) is 9.96. The van der Waals surface area contributed by atoms with Gasteiger partial charge in [0.1, 0.15) is 11.6 Å². The van der Waals surface area contributed by atoms with Crippen LogP contribution in [0.25, 0.3) is 16.7 Å². The van der Waals surface area contributed by atoms with E-state index in [9.17, 15) is 18.0 Å². The molecular weight excluding hydrogens is 581 g/mol. The summed E-state index contributed by atoms with van der Waals surface area (Å²) in [6.07, 6.45) is -1.97. The van der Waals surface area contributed by atoms with E-state index in [1.165, 1.54) is 6.08 Å². The molecule has 2 aromatic heterocycles. The molecule has 1 aliphatic heterocycles. The van der Waals surface area contributed by atoms with Crippen molar-refractivity contribution >= 4 is 54.7 Å². The Morgan fingerprint density at radius 3 is 2.21 bits per heavy atom. The number of alkyl halides is 3. The number of rotatable bonds is 3. The highest BCUT2D eigenvalue weighted by Crippen LogP contribution is 2.42. The van der Waals surface area contributed by atoms with Crippen molar-refractivity contribution in [2.75, 3.05) is 18.0 Å². The fraction of sp³-hybridized carbons (Fsp3) is 0.348. The van der Waals surface area contributed by atoms with Gasteiger partial charge in [0.15, 0.2) is 5.65 Å².